The first-order valence-electron chi connectivity index (χ1n) is 11.2. The zero-order chi connectivity index (χ0) is 21.8. The van der Waals surface area contributed by atoms with Crippen molar-refractivity contribution in [2.45, 2.75) is 0 Å². The normalized spacial score (nSPS) is 11.6. The highest BCUT2D eigenvalue weighted by atomic mass is 15.0. The van der Waals surface area contributed by atoms with E-state index in [0.717, 1.165) is 22.5 Å². The van der Waals surface area contributed by atoms with Crippen LogP contribution < -0.4 is 0 Å². The maximum atomic E-state index is 5.13. The number of fused-ring (bicyclic) bond motifs is 6. The van der Waals surface area contributed by atoms with Crippen molar-refractivity contribution in [3.05, 3.63) is 121 Å². The monoisotopic (exact) mass is 420 g/mol. The summed E-state index contributed by atoms with van der Waals surface area (Å²) in [6, 6.07) is 43.0. The zero-order valence-electron chi connectivity index (χ0n) is 17.9. The number of aromatic nitrogens is 2. The zero-order valence-corrected chi connectivity index (χ0v) is 17.9. The number of hydrogen-bond acceptors (Lipinski definition) is 1. The van der Waals surface area contributed by atoms with E-state index in [1.165, 1.54) is 38.0 Å². The Kier molecular flexibility index (Phi) is 3.88. The summed E-state index contributed by atoms with van der Waals surface area (Å²) in [4.78, 5) is 5.13. The van der Waals surface area contributed by atoms with Crippen LogP contribution in [-0.2, 0) is 0 Å². The Labute approximate surface area is 191 Å². The largest absolute Gasteiger partial charge is 0.309 e. The highest BCUT2D eigenvalue weighted by Crippen LogP contribution is 2.37. The molecule has 0 saturated heterocycles. The summed E-state index contributed by atoms with van der Waals surface area (Å²) in [5.74, 6) is 0. The van der Waals surface area contributed by atoms with Gasteiger partial charge in [-0.05, 0) is 35.7 Å². The third kappa shape index (κ3) is 2.71. The summed E-state index contributed by atoms with van der Waals surface area (Å²) >= 11 is 0. The van der Waals surface area contributed by atoms with Crippen LogP contribution in [0.2, 0.25) is 0 Å². The molecule has 2 heterocycles. The van der Waals surface area contributed by atoms with Crippen LogP contribution in [0.15, 0.2) is 121 Å². The van der Waals surface area contributed by atoms with Crippen LogP contribution in [0.1, 0.15) is 0 Å². The molecule has 2 nitrogen and oxygen atoms in total. The van der Waals surface area contributed by atoms with Crippen molar-refractivity contribution in [2.24, 2.45) is 0 Å². The van der Waals surface area contributed by atoms with E-state index in [1.807, 2.05) is 0 Å². The average Bonchev–Trinajstić information content (AvgIpc) is 3.22. The molecule has 0 saturated carbocycles. The molecule has 0 amide bonds. The van der Waals surface area contributed by atoms with E-state index in [1.54, 1.807) is 0 Å². The summed E-state index contributed by atoms with van der Waals surface area (Å²) in [7, 11) is 0. The van der Waals surface area contributed by atoms with Gasteiger partial charge >= 0.3 is 0 Å². The van der Waals surface area contributed by atoms with Gasteiger partial charge in [0, 0.05) is 32.8 Å². The second-order valence-electron chi connectivity index (χ2n) is 8.44. The van der Waals surface area contributed by atoms with Gasteiger partial charge in [0.05, 0.1) is 22.2 Å². The van der Waals surface area contributed by atoms with Crippen LogP contribution in [0.5, 0.6) is 0 Å². The van der Waals surface area contributed by atoms with Crippen molar-refractivity contribution in [1.82, 2.24) is 9.55 Å². The second kappa shape index (κ2) is 7.04. The number of benzene rings is 5. The van der Waals surface area contributed by atoms with Crippen molar-refractivity contribution in [3.63, 3.8) is 0 Å². The lowest BCUT2D eigenvalue weighted by atomic mass is 9.99. The van der Waals surface area contributed by atoms with Gasteiger partial charge in [0.1, 0.15) is 0 Å². The van der Waals surface area contributed by atoms with Gasteiger partial charge in [-0.1, -0.05) is 91.0 Å². The molecule has 0 aliphatic carbocycles. The minimum atomic E-state index is 1.02. The molecule has 0 fully saturated rings. The molecule has 5 aromatic carbocycles. The van der Waals surface area contributed by atoms with E-state index < -0.39 is 0 Å². The minimum absolute atomic E-state index is 1.02. The van der Waals surface area contributed by atoms with Crippen LogP contribution in [-0.4, -0.2) is 9.55 Å². The molecule has 2 heteroatoms. The molecule has 0 unspecified atom stereocenters. The number of pyridine rings is 1. The number of hydrogen-bond donors (Lipinski definition) is 0. The van der Waals surface area contributed by atoms with Crippen LogP contribution >= 0.6 is 0 Å². The maximum absolute atomic E-state index is 5.13. The second-order valence-corrected chi connectivity index (χ2v) is 8.44. The summed E-state index contributed by atoms with van der Waals surface area (Å²) < 4.78 is 2.36. The molecule has 7 rings (SSSR count). The van der Waals surface area contributed by atoms with E-state index in [2.05, 4.69) is 126 Å². The molecule has 0 bridgehead atoms. The van der Waals surface area contributed by atoms with Crippen molar-refractivity contribution in [3.8, 4) is 16.9 Å². The van der Waals surface area contributed by atoms with Crippen molar-refractivity contribution in [2.75, 3.05) is 0 Å². The van der Waals surface area contributed by atoms with Gasteiger partial charge in [-0.15, -0.1) is 0 Å². The Morgan fingerprint density at radius 3 is 1.94 bits per heavy atom. The quantitative estimate of drug-likeness (QED) is 0.258. The predicted molar refractivity (Wildman–Crippen MR) is 139 cm³/mol. The van der Waals surface area contributed by atoms with Crippen molar-refractivity contribution >= 4 is 43.5 Å². The summed E-state index contributed by atoms with van der Waals surface area (Å²) in [6.45, 7) is 0. The Bertz CT molecular complexity index is 1810. The van der Waals surface area contributed by atoms with Crippen molar-refractivity contribution in [1.29, 1.82) is 0 Å². The highest BCUT2D eigenvalue weighted by molar-refractivity contribution is 6.13. The van der Waals surface area contributed by atoms with Crippen LogP contribution in [0, 0.1) is 0 Å². The number of rotatable bonds is 2. The minimum Gasteiger partial charge on any atom is -0.309 e. The Hall–Kier alpha value is -4.43. The summed E-state index contributed by atoms with van der Waals surface area (Å²) in [5.41, 5.74) is 6.75. The lowest BCUT2D eigenvalue weighted by molar-refractivity contribution is 1.18. The fourth-order valence-electron chi connectivity index (χ4n) is 5.10. The molecule has 0 atom stereocenters. The SMILES string of the molecule is c1ccc(-n2c3ccccc3c3ccc(-c4nc5ccccc5c5ccccc45)cc32)cc1. The molecule has 7 aromatic rings. The first-order valence-corrected chi connectivity index (χ1v) is 11.2. The van der Waals surface area contributed by atoms with Gasteiger partial charge in [0.2, 0.25) is 0 Å². The fourth-order valence-corrected chi connectivity index (χ4v) is 5.10. The molecule has 0 aliphatic rings. The molecule has 0 N–H and O–H groups in total. The smallest absolute Gasteiger partial charge is 0.0788 e. The molecule has 0 radical (unpaired) electrons. The summed E-state index contributed by atoms with van der Waals surface area (Å²) in [6.07, 6.45) is 0. The van der Waals surface area contributed by atoms with Crippen LogP contribution in [0.4, 0.5) is 0 Å². The van der Waals surface area contributed by atoms with Gasteiger partial charge in [-0.25, -0.2) is 4.98 Å². The Morgan fingerprint density at radius 1 is 0.455 bits per heavy atom. The van der Waals surface area contributed by atoms with Crippen LogP contribution in [0.25, 0.3) is 60.4 Å². The molecular formula is C31H20N2. The highest BCUT2D eigenvalue weighted by Gasteiger charge is 2.15. The Morgan fingerprint density at radius 2 is 1.09 bits per heavy atom. The third-order valence-electron chi connectivity index (χ3n) is 6.57. The molecule has 2 aromatic heterocycles. The van der Waals surface area contributed by atoms with Gasteiger partial charge in [0.15, 0.2) is 0 Å². The van der Waals surface area contributed by atoms with E-state index in [9.17, 15) is 0 Å². The lowest BCUT2D eigenvalue weighted by Gasteiger charge is -2.11. The van der Waals surface area contributed by atoms with E-state index in [-0.39, 0.29) is 0 Å². The van der Waals surface area contributed by atoms with Gasteiger partial charge in [0.25, 0.3) is 0 Å². The standard InChI is InChI=1S/C31H20N2/c1-2-10-22(11-3-1)33-29-17-9-7-14-25(29)26-19-18-21(20-30(26)33)31-27-15-5-4-12-23(27)24-13-6-8-16-28(24)32-31/h1-20H. The van der Waals surface area contributed by atoms with Crippen LogP contribution in [0.3, 0.4) is 0 Å². The van der Waals surface area contributed by atoms with Crippen molar-refractivity contribution < 1.29 is 0 Å². The first-order chi connectivity index (χ1) is 16.4. The van der Waals surface area contributed by atoms with Gasteiger partial charge in [-0.3, -0.25) is 0 Å². The molecule has 154 valence electrons. The first kappa shape index (κ1) is 18.2. The number of para-hydroxylation sites is 3. The summed E-state index contributed by atoms with van der Waals surface area (Å²) in [5, 5.41) is 6.12. The molecule has 33 heavy (non-hydrogen) atoms. The van der Waals surface area contributed by atoms with Gasteiger partial charge < -0.3 is 4.57 Å². The van der Waals surface area contributed by atoms with E-state index in [4.69, 9.17) is 4.98 Å². The lowest BCUT2D eigenvalue weighted by Crippen LogP contribution is -1.94. The topological polar surface area (TPSA) is 17.8 Å². The van der Waals surface area contributed by atoms with E-state index >= 15 is 0 Å². The third-order valence-corrected chi connectivity index (χ3v) is 6.57. The molecule has 0 spiro atoms. The number of nitrogens with zero attached hydrogens (tertiary/aromatic N) is 2. The average molecular weight is 421 g/mol. The van der Waals surface area contributed by atoms with E-state index in [0.29, 0.717) is 0 Å². The molecule has 0 aliphatic heterocycles. The Balaban J connectivity index is 1.59. The predicted octanol–water partition coefficient (Wildman–Crippen LogP) is 8.15. The van der Waals surface area contributed by atoms with Gasteiger partial charge in [-0.2, -0.15) is 0 Å². The molecular weight excluding hydrogens is 400 g/mol. The maximum Gasteiger partial charge on any atom is 0.0788 e. The fraction of sp³-hybridized carbons (Fsp3) is 0.